The second-order valence-corrected chi connectivity index (χ2v) is 14.2. The van der Waals surface area contributed by atoms with Crippen LogP contribution in [0.25, 0.3) is 0 Å². The molecule has 0 aromatic heterocycles. The normalized spacial score (nSPS) is 32.2. The van der Waals surface area contributed by atoms with Gasteiger partial charge in [-0.05, 0) is 120 Å². The van der Waals surface area contributed by atoms with E-state index in [9.17, 15) is 9.59 Å². The van der Waals surface area contributed by atoms with Gasteiger partial charge in [0.25, 0.3) is 11.8 Å². The highest BCUT2D eigenvalue weighted by atomic mass is 17.3. The van der Waals surface area contributed by atoms with Crippen molar-refractivity contribution in [3.05, 3.63) is 59.7 Å². The topological polar surface area (TPSA) is 117 Å². The van der Waals surface area contributed by atoms with Crippen molar-refractivity contribution >= 4 is 11.8 Å². The number of carbonyl (C=O) groups excluding carboxylic acids is 2. The number of hydrogen-bond donors (Lipinski definition) is 2. The lowest BCUT2D eigenvalue weighted by molar-refractivity contribution is -0.575. The Morgan fingerprint density at radius 1 is 0.854 bits per heavy atom. The number of fused-ring (bicyclic) bond motifs is 2. The van der Waals surface area contributed by atoms with Crippen LogP contribution < -0.4 is 20.1 Å². The number of rotatable bonds is 13. The molecule has 0 radical (unpaired) electrons. The lowest BCUT2D eigenvalue weighted by Crippen LogP contribution is -2.70. The highest BCUT2D eigenvalue weighted by molar-refractivity contribution is 5.94. The Kier molecular flexibility index (Phi) is 10.6. The largest absolute Gasteiger partial charge is 0.497 e. The Morgan fingerprint density at radius 2 is 1.46 bits per heavy atom. The summed E-state index contributed by atoms with van der Waals surface area (Å²) in [4.78, 5) is 39.5. The monoisotopic (exact) mass is 665 g/mol. The van der Waals surface area contributed by atoms with Gasteiger partial charge < -0.3 is 34.5 Å². The molecule has 11 heteroatoms. The number of hydrogen-bond acceptors (Lipinski definition) is 9. The second kappa shape index (κ2) is 14.7. The van der Waals surface area contributed by atoms with E-state index in [0.29, 0.717) is 41.8 Å². The molecule has 11 nitrogen and oxygen atoms in total. The Labute approximate surface area is 283 Å². The molecule has 7 rings (SSSR count). The first kappa shape index (κ1) is 34.6. The van der Waals surface area contributed by atoms with Gasteiger partial charge in [0.15, 0.2) is 11.9 Å². The smallest absolute Gasteiger partial charge is 0.251 e. The van der Waals surface area contributed by atoms with Crippen LogP contribution in [0.15, 0.2) is 48.5 Å². The van der Waals surface area contributed by atoms with Gasteiger partial charge in [0.1, 0.15) is 11.5 Å². The van der Waals surface area contributed by atoms with Gasteiger partial charge in [-0.15, -0.1) is 0 Å². The molecule has 4 aliphatic heterocycles. The molecule has 3 unspecified atom stereocenters. The first-order valence-corrected chi connectivity index (χ1v) is 17.5. The van der Waals surface area contributed by atoms with Gasteiger partial charge in [0.2, 0.25) is 12.1 Å². The van der Waals surface area contributed by atoms with Crippen LogP contribution in [-0.2, 0) is 19.2 Å². The number of nitrogens with zero attached hydrogens (tertiary/aromatic N) is 1. The minimum absolute atomic E-state index is 0.0603. The maximum atomic E-state index is 12.8. The van der Waals surface area contributed by atoms with Crippen molar-refractivity contribution in [2.24, 2.45) is 23.7 Å². The van der Waals surface area contributed by atoms with Gasteiger partial charge in [-0.1, -0.05) is 13.8 Å². The number of nitrogens with one attached hydrogen (secondary N) is 2. The van der Waals surface area contributed by atoms with Gasteiger partial charge >= 0.3 is 0 Å². The molecule has 2 aromatic rings. The van der Waals surface area contributed by atoms with E-state index in [1.807, 2.05) is 26.1 Å². The fraction of sp³-hybridized carbons (Fsp3) is 0.622. The molecule has 1 spiro atoms. The zero-order valence-corrected chi connectivity index (χ0v) is 28.9. The third-order valence-corrected chi connectivity index (χ3v) is 10.8. The van der Waals surface area contributed by atoms with Gasteiger partial charge in [-0.25, -0.2) is 9.78 Å². The van der Waals surface area contributed by atoms with E-state index in [-0.39, 0.29) is 23.7 Å². The summed E-state index contributed by atoms with van der Waals surface area (Å²) in [6, 6.07) is 14.3. The van der Waals surface area contributed by atoms with Crippen LogP contribution in [0.4, 0.5) is 0 Å². The molecular weight excluding hydrogens is 614 g/mol. The third-order valence-electron chi connectivity index (χ3n) is 10.8. The zero-order chi connectivity index (χ0) is 33.9. The van der Waals surface area contributed by atoms with E-state index in [4.69, 9.17) is 28.7 Å². The summed E-state index contributed by atoms with van der Waals surface area (Å²) in [5, 5.41) is 5.97. The van der Waals surface area contributed by atoms with Gasteiger partial charge in [-0.2, -0.15) is 0 Å². The first-order chi connectivity index (χ1) is 23.1. The Bertz CT molecular complexity index is 1410. The lowest BCUT2D eigenvalue weighted by atomic mass is 9.58. The third kappa shape index (κ3) is 7.21. The Morgan fingerprint density at radius 3 is 2.06 bits per heavy atom. The van der Waals surface area contributed by atoms with Crippen LogP contribution in [0.1, 0.15) is 80.0 Å². The SMILES string of the molecule is COc1ccc(C(=O)NCCCN(C)CCCNC(=O)c2ccc(O[C@H]3OC4O[C@@]5(C)CCC6[C@H](C)CCC([C@H]3C)[C@@]46OO5)cc2)cc1. The minimum Gasteiger partial charge on any atom is -0.497 e. The van der Waals surface area contributed by atoms with E-state index in [2.05, 4.69) is 29.4 Å². The Balaban J connectivity index is 0.917. The molecule has 1 saturated carbocycles. The van der Waals surface area contributed by atoms with Crippen molar-refractivity contribution in [2.45, 2.75) is 83.3 Å². The molecule has 262 valence electrons. The van der Waals surface area contributed by atoms with Crippen LogP contribution >= 0.6 is 0 Å². The van der Waals surface area contributed by atoms with E-state index in [0.717, 1.165) is 57.4 Å². The molecule has 48 heavy (non-hydrogen) atoms. The average molecular weight is 666 g/mol. The van der Waals surface area contributed by atoms with Crippen molar-refractivity contribution in [1.29, 1.82) is 0 Å². The highest BCUT2D eigenvalue weighted by Gasteiger charge is 2.69. The van der Waals surface area contributed by atoms with E-state index in [1.165, 1.54) is 0 Å². The van der Waals surface area contributed by atoms with Crippen LogP contribution in [0.3, 0.4) is 0 Å². The van der Waals surface area contributed by atoms with E-state index in [1.54, 1.807) is 43.5 Å². The number of amides is 2. The van der Waals surface area contributed by atoms with Gasteiger partial charge in [0.05, 0.1) is 7.11 Å². The second-order valence-electron chi connectivity index (χ2n) is 14.2. The average Bonchev–Trinajstić information content (AvgIpc) is 3.33. The van der Waals surface area contributed by atoms with Crippen LogP contribution in [0.2, 0.25) is 0 Å². The molecule has 1 aliphatic carbocycles. The molecular formula is C37H51N3O8. The summed E-state index contributed by atoms with van der Waals surface area (Å²) >= 11 is 0. The minimum atomic E-state index is -0.828. The summed E-state index contributed by atoms with van der Waals surface area (Å²) in [7, 11) is 3.64. The summed E-state index contributed by atoms with van der Waals surface area (Å²) < 4.78 is 24.5. The molecule has 4 heterocycles. The number of ether oxygens (including phenoxy) is 4. The lowest BCUT2D eigenvalue weighted by Gasteiger charge is -2.60. The predicted octanol–water partition coefficient (Wildman–Crippen LogP) is 5.15. The summed E-state index contributed by atoms with van der Waals surface area (Å²) in [6.07, 6.45) is 4.47. The van der Waals surface area contributed by atoms with Crippen molar-refractivity contribution in [2.75, 3.05) is 40.3 Å². The van der Waals surface area contributed by atoms with Crippen LogP contribution in [0.5, 0.6) is 11.5 Å². The quantitative estimate of drug-likeness (QED) is 0.221. The van der Waals surface area contributed by atoms with Crippen molar-refractivity contribution < 1.29 is 38.3 Å². The maximum Gasteiger partial charge on any atom is 0.251 e. The molecule has 2 N–H and O–H groups in total. The molecule has 2 bridgehead atoms. The zero-order valence-electron chi connectivity index (χ0n) is 28.9. The number of methoxy groups -OCH3 is 1. The predicted molar refractivity (Wildman–Crippen MR) is 178 cm³/mol. The summed E-state index contributed by atoms with van der Waals surface area (Å²) in [5.74, 6) is 1.37. The molecule has 4 saturated heterocycles. The number of carbonyl (C=O) groups is 2. The fourth-order valence-corrected chi connectivity index (χ4v) is 7.99. The van der Waals surface area contributed by atoms with Gasteiger partial charge in [-0.3, -0.25) is 9.59 Å². The van der Waals surface area contributed by atoms with Crippen molar-refractivity contribution in [1.82, 2.24) is 15.5 Å². The Hall–Kier alpha value is -3.22. The van der Waals surface area contributed by atoms with E-state index < -0.39 is 24.0 Å². The molecule has 8 atom stereocenters. The van der Waals surface area contributed by atoms with Crippen molar-refractivity contribution in [3.63, 3.8) is 0 Å². The fourth-order valence-electron chi connectivity index (χ4n) is 7.99. The molecule has 5 aliphatic rings. The molecule has 5 fully saturated rings. The standard InChI is InChI=1S/C37H51N3O8/c1-24-8-17-31-25(2)34(45-35-37(31)30(24)18-19-36(3,46-35)47-48-37)44-29-15-11-27(12-16-29)33(42)39-21-7-23-40(4)22-6-20-38-32(41)26-9-13-28(43-5)14-10-26/h9-16,24-25,30-31,34-35H,6-8,17-23H2,1-5H3,(H,38,41)(H,39,42)/t24-,25-,30?,31?,34+,35?,36-,37-/m1/s1. The molecule has 2 aromatic carbocycles. The van der Waals surface area contributed by atoms with Crippen LogP contribution in [0, 0.1) is 23.7 Å². The van der Waals surface area contributed by atoms with Crippen molar-refractivity contribution in [3.8, 4) is 11.5 Å². The maximum absolute atomic E-state index is 12.8. The van der Waals surface area contributed by atoms with Crippen LogP contribution in [-0.4, -0.2) is 81.0 Å². The van der Waals surface area contributed by atoms with Gasteiger partial charge in [0, 0.05) is 42.5 Å². The first-order valence-electron chi connectivity index (χ1n) is 17.5. The molecule has 2 amide bonds. The number of benzene rings is 2. The summed E-state index contributed by atoms with van der Waals surface area (Å²) in [5.41, 5.74) is 0.563. The van der Waals surface area contributed by atoms with E-state index >= 15 is 0 Å². The highest BCUT2D eigenvalue weighted by Crippen LogP contribution is 2.60. The summed E-state index contributed by atoms with van der Waals surface area (Å²) in [6.45, 7) is 9.23.